The van der Waals surface area contributed by atoms with Crippen LogP contribution in [0.2, 0.25) is 0 Å². The molecule has 0 amide bonds. The second-order valence-corrected chi connectivity index (χ2v) is 2.32. The molecule has 10 heavy (non-hydrogen) atoms. The summed E-state index contributed by atoms with van der Waals surface area (Å²) in [5.41, 5.74) is 3.61. The second-order valence-electron chi connectivity index (χ2n) is 2.32. The average molecular weight is 140 g/mol. The molecule has 1 atom stereocenters. The molecule has 0 aromatic carbocycles. The molecule has 54 valence electrons. The van der Waals surface area contributed by atoms with E-state index in [1.54, 1.807) is 5.01 Å². The Balaban J connectivity index is 2.17. The SMILES string of the molecule is O=CC1=COC2CCNN12. The lowest BCUT2D eigenvalue weighted by molar-refractivity contribution is -0.106. The Morgan fingerprint density at radius 3 is 3.60 bits per heavy atom. The lowest BCUT2D eigenvalue weighted by atomic mass is 10.4. The summed E-state index contributed by atoms with van der Waals surface area (Å²) >= 11 is 0. The van der Waals surface area contributed by atoms with E-state index in [0.717, 1.165) is 19.3 Å². The summed E-state index contributed by atoms with van der Waals surface area (Å²) in [7, 11) is 0. The van der Waals surface area contributed by atoms with Crippen LogP contribution in [0.5, 0.6) is 0 Å². The lowest BCUT2D eigenvalue weighted by Gasteiger charge is -2.15. The van der Waals surface area contributed by atoms with Crippen molar-refractivity contribution in [1.82, 2.24) is 10.4 Å². The number of carbonyl (C=O) groups is 1. The van der Waals surface area contributed by atoms with Gasteiger partial charge in [0, 0.05) is 13.0 Å². The Morgan fingerprint density at radius 1 is 1.90 bits per heavy atom. The quantitative estimate of drug-likeness (QED) is 0.503. The third kappa shape index (κ3) is 0.623. The fraction of sp³-hybridized carbons (Fsp3) is 0.500. The second kappa shape index (κ2) is 1.98. The van der Waals surface area contributed by atoms with Gasteiger partial charge in [-0.2, -0.15) is 0 Å². The summed E-state index contributed by atoms with van der Waals surface area (Å²) in [5, 5.41) is 1.76. The van der Waals surface area contributed by atoms with Crippen molar-refractivity contribution >= 4 is 6.29 Å². The molecule has 1 fully saturated rings. The van der Waals surface area contributed by atoms with Crippen molar-refractivity contribution in [3.05, 3.63) is 12.0 Å². The van der Waals surface area contributed by atoms with E-state index in [1.165, 1.54) is 6.26 Å². The maximum atomic E-state index is 10.3. The van der Waals surface area contributed by atoms with E-state index >= 15 is 0 Å². The highest BCUT2D eigenvalue weighted by Crippen LogP contribution is 2.21. The number of nitrogens with one attached hydrogen (secondary N) is 1. The molecule has 0 radical (unpaired) electrons. The monoisotopic (exact) mass is 140 g/mol. The molecule has 1 unspecified atom stereocenters. The summed E-state index contributed by atoms with van der Waals surface area (Å²) in [5.74, 6) is 0. The first-order valence-corrected chi connectivity index (χ1v) is 3.25. The highest BCUT2D eigenvalue weighted by molar-refractivity contribution is 5.72. The zero-order chi connectivity index (χ0) is 6.97. The molecular weight excluding hydrogens is 132 g/mol. The smallest absolute Gasteiger partial charge is 0.186 e. The van der Waals surface area contributed by atoms with Gasteiger partial charge in [0.15, 0.2) is 12.5 Å². The minimum Gasteiger partial charge on any atom is -0.474 e. The highest BCUT2D eigenvalue weighted by atomic mass is 16.5. The third-order valence-electron chi connectivity index (χ3n) is 1.71. The van der Waals surface area contributed by atoms with Crippen molar-refractivity contribution in [3.8, 4) is 0 Å². The largest absolute Gasteiger partial charge is 0.474 e. The van der Waals surface area contributed by atoms with Gasteiger partial charge < -0.3 is 4.74 Å². The summed E-state index contributed by atoms with van der Waals surface area (Å²) in [6.45, 7) is 0.885. The van der Waals surface area contributed by atoms with E-state index < -0.39 is 0 Å². The molecular formula is C6H8N2O2. The van der Waals surface area contributed by atoms with Crippen molar-refractivity contribution < 1.29 is 9.53 Å². The number of allylic oxidation sites excluding steroid dienone is 1. The molecule has 1 N–H and O–H groups in total. The molecule has 2 aliphatic rings. The van der Waals surface area contributed by atoms with E-state index in [1.807, 2.05) is 0 Å². The fourth-order valence-electron chi connectivity index (χ4n) is 1.22. The van der Waals surface area contributed by atoms with E-state index in [4.69, 9.17) is 4.74 Å². The van der Waals surface area contributed by atoms with Crippen molar-refractivity contribution in [2.24, 2.45) is 0 Å². The normalized spacial score (nSPS) is 29.4. The maximum absolute atomic E-state index is 10.3. The van der Waals surface area contributed by atoms with Crippen LogP contribution >= 0.6 is 0 Å². The number of rotatable bonds is 1. The molecule has 0 saturated carbocycles. The summed E-state index contributed by atoms with van der Waals surface area (Å²) in [6, 6.07) is 0. The van der Waals surface area contributed by atoms with Crippen molar-refractivity contribution in [2.75, 3.05) is 6.54 Å². The number of carbonyl (C=O) groups excluding carboxylic acids is 1. The van der Waals surface area contributed by atoms with Crippen LogP contribution in [0, 0.1) is 0 Å². The highest BCUT2D eigenvalue weighted by Gasteiger charge is 2.31. The van der Waals surface area contributed by atoms with Gasteiger partial charge >= 0.3 is 0 Å². The molecule has 0 bridgehead atoms. The van der Waals surface area contributed by atoms with Crippen LogP contribution < -0.4 is 5.43 Å². The van der Waals surface area contributed by atoms with E-state index in [2.05, 4.69) is 5.43 Å². The zero-order valence-corrected chi connectivity index (χ0v) is 5.41. The first kappa shape index (κ1) is 5.73. The van der Waals surface area contributed by atoms with Gasteiger partial charge in [0.25, 0.3) is 0 Å². The molecule has 0 aromatic rings. The van der Waals surface area contributed by atoms with Crippen molar-refractivity contribution in [1.29, 1.82) is 0 Å². The van der Waals surface area contributed by atoms with Gasteiger partial charge in [0.05, 0.1) is 0 Å². The molecule has 1 saturated heterocycles. The van der Waals surface area contributed by atoms with Gasteiger partial charge in [-0.25, -0.2) is 5.43 Å². The lowest BCUT2D eigenvalue weighted by Crippen LogP contribution is -2.33. The van der Waals surface area contributed by atoms with Gasteiger partial charge in [-0.05, 0) is 0 Å². The number of hydrogen-bond acceptors (Lipinski definition) is 4. The Hall–Kier alpha value is -1.03. The van der Waals surface area contributed by atoms with Gasteiger partial charge in [-0.15, -0.1) is 0 Å². The average Bonchev–Trinajstić information content (AvgIpc) is 2.44. The number of hydrazine groups is 1. The van der Waals surface area contributed by atoms with Gasteiger partial charge in [-0.1, -0.05) is 0 Å². The first-order valence-electron chi connectivity index (χ1n) is 3.25. The Labute approximate surface area is 58.4 Å². The molecule has 0 aromatic heterocycles. The van der Waals surface area contributed by atoms with E-state index in [-0.39, 0.29) is 6.23 Å². The minimum absolute atomic E-state index is 0.0557. The summed E-state index contributed by atoms with van der Waals surface area (Å²) in [4.78, 5) is 10.3. The van der Waals surface area contributed by atoms with Gasteiger partial charge in [0.1, 0.15) is 12.0 Å². The molecule has 2 aliphatic heterocycles. The number of hydrogen-bond donors (Lipinski definition) is 1. The van der Waals surface area contributed by atoms with Crippen LogP contribution in [0.15, 0.2) is 12.0 Å². The Morgan fingerprint density at radius 2 is 2.80 bits per heavy atom. The minimum atomic E-state index is 0.0557. The van der Waals surface area contributed by atoms with Crippen LogP contribution in [0.1, 0.15) is 6.42 Å². The predicted octanol–water partition coefficient (Wildman–Crippen LogP) is -0.407. The number of nitrogens with zero attached hydrogens (tertiary/aromatic N) is 1. The number of aldehydes is 1. The van der Waals surface area contributed by atoms with Crippen LogP contribution in [-0.2, 0) is 9.53 Å². The number of fused-ring (bicyclic) bond motifs is 1. The van der Waals surface area contributed by atoms with Crippen molar-refractivity contribution in [2.45, 2.75) is 12.6 Å². The Kier molecular flexibility index (Phi) is 1.14. The van der Waals surface area contributed by atoms with Crippen LogP contribution in [-0.4, -0.2) is 24.1 Å². The molecule has 2 heterocycles. The van der Waals surface area contributed by atoms with E-state index in [9.17, 15) is 4.79 Å². The topological polar surface area (TPSA) is 41.6 Å². The van der Waals surface area contributed by atoms with Crippen LogP contribution in [0.25, 0.3) is 0 Å². The zero-order valence-electron chi connectivity index (χ0n) is 5.41. The van der Waals surface area contributed by atoms with E-state index in [0.29, 0.717) is 5.70 Å². The van der Waals surface area contributed by atoms with Crippen LogP contribution in [0.3, 0.4) is 0 Å². The van der Waals surface area contributed by atoms with Crippen LogP contribution in [0.4, 0.5) is 0 Å². The van der Waals surface area contributed by atoms with Crippen molar-refractivity contribution in [3.63, 3.8) is 0 Å². The van der Waals surface area contributed by atoms with Gasteiger partial charge in [0.2, 0.25) is 0 Å². The molecule has 0 spiro atoms. The fourth-order valence-corrected chi connectivity index (χ4v) is 1.22. The molecule has 0 aliphatic carbocycles. The summed E-state index contributed by atoms with van der Waals surface area (Å²) in [6.07, 6.45) is 3.27. The third-order valence-corrected chi connectivity index (χ3v) is 1.71. The Bertz CT molecular complexity index is 190. The standard InChI is InChI=1S/C6H8N2O2/c9-3-5-4-10-6-1-2-7-8(5)6/h3-4,6-7H,1-2H2. The molecule has 2 rings (SSSR count). The summed E-state index contributed by atoms with van der Waals surface area (Å²) < 4.78 is 5.15. The molecule has 4 heteroatoms. The number of ether oxygens (including phenoxy) is 1. The predicted molar refractivity (Wildman–Crippen MR) is 33.5 cm³/mol. The maximum Gasteiger partial charge on any atom is 0.186 e. The first-order chi connectivity index (χ1) is 4.92. The molecule has 4 nitrogen and oxygen atoms in total. The van der Waals surface area contributed by atoms with Gasteiger partial charge in [-0.3, -0.25) is 9.80 Å².